The molecule has 38 heavy (non-hydrogen) atoms. The number of carbonyl (C=O) groups is 3. The van der Waals surface area contributed by atoms with Gasteiger partial charge in [0.1, 0.15) is 24.7 Å². The van der Waals surface area contributed by atoms with E-state index >= 15 is 0 Å². The van der Waals surface area contributed by atoms with Crippen LogP contribution in [0.15, 0.2) is 72.8 Å². The van der Waals surface area contributed by atoms with Crippen LogP contribution in [0.4, 0.5) is 11.4 Å². The van der Waals surface area contributed by atoms with Gasteiger partial charge in [-0.1, -0.05) is 25.5 Å². The van der Waals surface area contributed by atoms with E-state index in [1.807, 2.05) is 0 Å². The molecule has 9 heteroatoms. The second-order valence-electron chi connectivity index (χ2n) is 8.21. The van der Waals surface area contributed by atoms with Crippen LogP contribution in [0.5, 0.6) is 11.5 Å². The Kier molecular flexibility index (Phi) is 10.3. The molecular formula is C29H30N2O7. The van der Waals surface area contributed by atoms with Crippen LogP contribution in [0.3, 0.4) is 0 Å². The smallest absolute Gasteiger partial charge is 0.338 e. The van der Waals surface area contributed by atoms with Crippen LogP contribution in [-0.2, 0) is 14.3 Å². The molecule has 0 aliphatic carbocycles. The summed E-state index contributed by atoms with van der Waals surface area (Å²) >= 11 is 0. The lowest BCUT2D eigenvalue weighted by molar-refractivity contribution is -0.128. The quantitative estimate of drug-likeness (QED) is 0.115. The average molecular weight is 519 g/mol. The molecule has 3 aromatic rings. The zero-order valence-electron chi connectivity index (χ0n) is 21.1. The fourth-order valence-electron chi connectivity index (χ4n) is 3.21. The lowest BCUT2D eigenvalue weighted by Gasteiger charge is -2.08. The molecule has 0 heterocycles. The van der Waals surface area contributed by atoms with Gasteiger partial charge >= 0.3 is 17.9 Å². The number of hydrogen-bond acceptors (Lipinski definition) is 9. The molecule has 0 saturated carbocycles. The van der Waals surface area contributed by atoms with E-state index in [9.17, 15) is 14.4 Å². The summed E-state index contributed by atoms with van der Waals surface area (Å²) in [6.45, 7) is 2.48. The van der Waals surface area contributed by atoms with Crippen molar-refractivity contribution in [2.24, 2.45) is 0 Å². The number of hydrogen-bond donors (Lipinski definition) is 2. The normalized spacial score (nSPS) is 10.7. The van der Waals surface area contributed by atoms with Crippen molar-refractivity contribution < 1.29 is 33.3 Å². The fourth-order valence-corrected chi connectivity index (χ4v) is 3.21. The third-order valence-corrected chi connectivity index (χ3v) is 5.13. The van der Waals surface area contributed by atoms with Crippen molar-refractivity contribution in [3.05, 3.63) is 89.5 Å². The van der Waals surface area contributed by atoms with Crippen LogP contribution in [0, 0.1) is 0 Å². The van der Waals surface area contributed by atoms with E-state index in [0.29, 0.717) is 34.9 Å². The van der Waals surface area contributed by atoms with Crippen molar-refractivity contribution in [2.45, 2.75) is 19.8 Å². The highest BCUT2D eigenvalue weighted by Gasteiger charge is 2.11. The largest absolute Gasteiger partial charge is 0.494 e. The zero-order chi connectivity index (χ0) is 27.3. The fraction of sp³-hybridized carbons (Fsp3) is 0.207. The van der Waals surface area contributed by atoms with Crippen LogP contribution < -0.4 is 20.9 Å². The number of ether oxygens (including phenoxy) is 4. The first-order chi connectivity index (χ1) is 18.3. The molecule has 0 amide bonds. The van der Waals surface area contributed by atoms with E-state index in [1.165, 1.54) is 24.3 Å². The first-order valence-electron chi connectivity index (χ1n) is 12.1. The molecule has 0 bridgehead atoms. The first-order valence-corrected chi connectivity index (χ1v) is 12.1. The number of benzene rings is 3. The Labute approximate surface area is 220 Å². The summed E-state index contributed by atoms with van der Waals surface area (Å²) < 4.78 is 21.1. The minimum absolute atomic E-state index is 0.123. The number of esters is 3. The summed E-state index contributed by atoms with van der Waals surface area (Å²) in [4.78, 5) is 36.4. The molecule has 198 valence electrons. The Hall–Kier alpha value is -4.79. The molecule has 9 nitrogen and oxygen atoms in total. The predicted octanol–water partition coefficient (Wildman–Crippen LogP) is 4.66. The molecule has 0 fully saturated rings. The number of nitrogen functional groups attached to an aromatic ring is 2. The standard InChI is InChI=1S/C29H30N2O7/c1-2-3-14-35-25-9-11-26(12-10-25)38-27(32)13-6-20-4-7-21(8-5-20)28(33)36-15-16-37-29(34)22-17-23(30)19-24(31)18-22/h4-13,17-19H,2-3,14-16,30-31H2,1H3/b13-6+. The van der Waals surface area contributed by atoms with E-state index < -0.39 is 17.9 Å². The van der Waals surface area contributed by atoms with Crippen molar-refractivity contribution in [3.63, 3.8) is 0 Å². The topological polar surface area (TPSA) is 140 Å². The zero-order valence-corrected chi connectivity index (χ0v) is 21.1. The third kappa shape index (κ3) is 9.02. The highest BCUT2D eigenvalue weighted by atomic mass is 16.6. The summed E-state index contributed by atoms with van der Waals surface area (Å²) in [6, 6.07) is 17.7. The molecule has 0 aliphatic heterocycles. The number of unbranched alkanes of at least 4 members (excludes halogenated alkanes) is 1. The maximum Gasteiger partial charge on any atom is 0.338 e. The third-order valence-electron chi connectivity index (χ3n) is 5.13. The predicted molar refractivity (Wildman–Crippen MR) is 144 cm³/mol. The summed E-state index contributed by atoms with van der Waals surface area (Å²) in [5, 5.41) is 0. The molecule has 4 N–H and O–H groups in total. The second kappa shape index (κ2) is 14.1. The van der Waals surface area contributed by atoms with Gasteiger partial charge in [0.2, 0.25) is 0 Å². The van der Waals surface area contributed by atoms with E-state index in [4.69, 9.17) is 30.4 Å². The van der Waals surface area contributed by atoms with Gasteiger partial charge in [-0.15, -0.1) is 0 Å². The SMILES string of the molecule is CCCCOc1ccc(OC(=O)/C=C/c2ccc(C(=O)OCCOC(=O)c3cc(N)cc(N)c3)cc2)cc1. The van der Waals surface area contributed by atoms with Crippen molar-refractivity contribution in [3.8, 4) is 11.5 Å². The van der Waals surface area contributed by atoms with Crippen molar-refractivity contribution >= 4 is 35.4 Å². The van der Waals surface area contributed by atoms with Gasteiger partial charge in [0, 0.05) is 17.5 Å². The lowest BCUT2D eigenvalue weighted by Crippen LogP contribution is -2.14. The monoisotopic (exact) mass is 518 g/mol. The molecule has 0 spiro atoms. The summed E-state index contributed by atoms with van der Waals surface area (Å²) in [7, 11) is 0. The Morgan fingerprint density at radius 2 is 1.32 bits per heavy atom. The van der Waals surface area contributed by atoms with E-state index in [0.717, 1.165) is 18.6 Å². The van der Waals surface area contributed by atoms with Crippen LogP contribution in [0.25, 0.3) is 6.08 Å². The Morgan fingerprint density at radius 3 is 1.92 bits per heavy atom. The Balaban J connectivity index is 1.40. The maximum atomic E-state index is 12.2. The Bertz CT molecular complexity index is 1250. The van der Waals surface area contributed by atoms with Crippen LogP contribution >= 0.6 is 0 Å². The summed E-state index contributed by atoms with van der Waals surface area (Å²) in [5.74, 6) is -0.613. The van der Waals surface area contributed by atoms with E-state index in [2.05, 4.69) is 6.92 Å². The maximum absolute atomic E-state index is 12.2. The molecule has 0 unspecified atom stereocenters. The van der Waals surface area contributed by atoms with Crippen molar-refractivity contribution in [2.75, 3.05) is 31.3 Å². The lowest BCUT2D eigenvalue weighted by atomic mass is 10.1. The number of nitrogens with two attached hydrogens (primary N) is 2. The molecule has 0 saturated heterocycles. The minimum Gasteiger partial charge on any atom is -0.494 e. The second-order valence-corrected chi connectivity index (χ2v) is 8.21. The van der Waals surface area contributed by atoms with Crippen LogP contribution in [0.1, 0.15) is 46.0 Å². The first kappa shape index (κ1) is 27.8. The van der Waals surface area contributed by atoms with Gasteiger partial charge in [-0.3, -0.25) is 0 Å². The molecule has 0 aromatic heterocycles. The van der Waals surface area contributed by atoms with E-state index in [1.54, 1.807) is 54.6 Å². The number of rotatable bonds is 12. The number of anilines is 2. The van der Waals surface area contributed by atoms with Gasteiger partial charge in [-0.25, -0.2) is 14.4 Å². The average Bonchev–Trinajstić information content (AvgIpc) is 2.90. The molecule has 3 rings (SSSR count). The molecule has 0 aliphatic rings. The van der Waals surface area contributed by atoms with Gasteiger partial charge in [0.25, 0.3) is 0 Å². The minimum atomic E-state index is -0.622. The molecular weight excluding hydrogens is 488 g/mol. The van der Waals surface area contributed by atoms with E-state index in [-0.39, 0.29) is 18.8 Å². The van der Waals surface area contributed by atoms with Gasteiger partial charge < -0.3 is 30.4 Å². The van der Waals surface area contributed by atoms with Gasteiger partial charge in [0.05, 0.1) is 17.7 Å². The van der Waals surface area contributed by atoms with Crippen LogP contribution in [-0.4, -0.2) is 37.7 Å². The highest BCUT2D eigenvalue weighted by molar-refractivity contribution is 5.92. The number of carbonyl (C=O) groups excluding carboxylic acids is 3. The van der Waals surface area contributed by atoms with Gasteiger partial charge in [0.15, 0.2) is 0 Å². The van der Waals surface area contributed by atoms with Crippen molar-refractivity contribution in [1.29, 1.82) is 0 Å². The van der Waals surface area contributed by atoms with Crippen molar-refractivity contribution in [1.82, 2.24) is 0 Å². The van der Waals surface area contributed by atoms with Crippen LogP contribution in [0.2, 0.25) is 0 Å². The summed E-state index contributed by atoms with van der Waals surface area (Å²) in [6.07, 6.45) is 4.89. The summed E-state index contributed by atoms with van der Waals surface area (Å²) in [5.41, 5.74) is 13.2. The Morgan fingerprint density at radius 1 is 0.737 bits per heavy atom. The van der Waals surface area contributed by atoms with Gasteiger partial charge in [-0.2, -0.15) is 0 Å². The molecule has 0 atom stereocenters. The molecule has 0 radical (unpaired) electrons. The van der Waals surface area contributed by atoms with Gasteiger partial charge in [-0.05, 0) is 72.7 Å². The molecule has 3 aromatic carbocycles. The highest BCUT2D eigenvalue weighted by Crippen LogP contribution is 2.18.